The number of rotatable bonds is 6. The number of carbonyl (C=O) groups excluding carboxylic acids is 1. The molecule has 136 valence electrons. The summed E-state index contributed by atoms with van der Waals surface area (Å²) < 4.78 is 27.0. The van der Waals surface area contributed by atoms with Crippen LogP contribution in [0.2, 0.25) is 5.02 Å². The van der Waals surface area contributed by atoms with E-state index in [4.69, 9.17) is 11.6 Å². The van der Waals surface area contributed by atoms with Crippen LogP contribution >= 0.6 is 11.6 Å². The van der Waals surface area contributed by atoms with Crippen LogP contribution in [-0.2, 0) is 14.8 Å². The maximum atomic E-state index is 12.3. The monoisotopic (exact) mass is 374 g/mol. The molecule has 0 saturated carbocycles. The minimum Gasteiger partial charge on any atom is -0.350 e. The molecule has 24 heavy (non-hydrogen) atoms. The van der Waals surface area contributed by atoms with E-state index in [1.54, 1.807) is 0 Å². The summed E-state index contributed by atoms with van der Waals surface area (Å²) in [7, 11) is -3.78. The van der Waals surface area contributed by atoms with Crippen molar-refractivity contribution in [3.63, 3.8) is 0 Å². The Hall–Kier alpha value is -1.11. The minimum atomic E-state index is -3.78. The van der Waals surface area contributed by atoms with Crippen LogP contribution in [0.4, 0.5) is 0 Å². The fourth-order valence-electron chi connectivity index (χ4n) is 2.78. The average molecular weight is 375 g/mol. The van der Waals surface area contributed by atoms with Gasteiger partial charge < -0.3 is 5.32 Å². The zero-order valence-corrected chi connectivity index (χ0v) is 16.7. The van der Waals surface area contributed by atoms with Crippen molar-refractivity contribution in [1.82, 2.24) is 10.0 Å². The summed E-state index contributed by atoms with van der Waals surface area (Å²) in [6, 6.07) is 4.91. The second-order valence-corrected chi connectivity index (χ2v) is 10.1. The Bertz CT molecular complexity index is 677. The summed E-state index contributed by atoms with van der Waals surface area (Å²) in [6.07, 6.45) is 0.766. The summed E-state index contributed by atoms with van der Waals surface area (Å²) >= 11 is 5.76. The fraction of sp³-hybridized carbons (Fsp3) is 0.588. The molecule has 0 bridgehead atoms. The van der Waals surface area contributed by atoms with Gasteiger partial charge in [-0.05, 0) is 56.9 Å². The Labute approximate surface area is 150 Å². The normalized spacial score (nSPS) is 14.3. The molecule has 0 aromatic heterocycles. The molecule has 1 aromatic carbocycles. The summed E-state index contributed by atoms with van der Waals surface area (Å²) in [5.41, 5.74) is -0.391. The van der Waals surface area contributed by atoms with E-state index >= 15 is 0 Å². The third kappa shape index (κ3) is 6.79. The second-order valence-electron chi connectivity index (χ2n) is 7.91. The predicted molar refractivity (Wildman–Crippen MR) is 97.5 cm³/mol. The van der Waals surface area contributed by atoms with Gasteiger partial charge in [-0.3, -0.25) is 4.79 Å². The lowest BCUT2D eigenvalue weighted by molar-refractivity contribution is -0.124. The lowest BCUT2D eigenvalue weighted by Crippen LogP contribution is -2.53. The molecule has 0 fully saturated rings. The molecular formula is C17H27ClN2O3S. The van der Waals surface area contributed by atoms with Gasteiger partial charge in [-0.15, -0.1) is 0 Å². The van der Waals surface area contributed by atoms with Crippen molar-refractivity contribution >= 4 is 27.5 Å². The van der Waals surface area contributed by atoms with Gasteiger partial charge in [-0.2, -0.15) is 4.72 Å². The predicted octanol–water partition coefficient (Wildman–Crippen LogP) is 3.34. The van der Waals surface area contributed by atoms with E-state index in [2.05, 4.69) is 30.8 Å². The Morgan fingerprint density at radius 2 is 1.62 bits per heavy atom. The number of halogens is 1. The molecule has 1 amide bonds. The van der Waals surface area contributed by atoms with Crippen molar-refractivity contribution < 1.29 is 13.2 Å². The van der Waals surface area contributed by atoms with Gasteiger partial charge in [0.1, 0.15) is 0 Å². The molecule has 0 radical (unpaired) electrons. The second kappa shape index (κ2) is 7.42. The quantitative estimate of drug-likeness (QED) is 0.801. The van der Waals surface area contributed by atoms with Crippen LogP contribution in [-0.4, -0.2) is 25.9 Å². The molecule has 0 heterocycles. The molecule has 0 spiro atoms. The van der Waals surface area contributed by atoms with Crippen LogP contribution in [0.5, 0.6) is 0 Å². The first-order chi connectivity index (χ1) is 10.7. The van der Waals surface area contributed by atoms with Crippen LogP contribution in [0, 0.1) is 5.41 Å². The van der Waals surface area contributed by atoms with Gasteiger partial charge in [0.25, 0.3) is 0 Å². The van der Waals surface area contributed by atoms with Crippen molar-refractivity contribution in [3.05, 3.63) is 29.3 Å². The van der Waals surface area contributed by atoms with Crippen LogP contribution in [0.15, 0.2) is 29.2 Å². The highest BCUT2D eigenvalue weighted by atomic mass is 35.5. The molecule has 0 saturated heterocycles. The van der Waals surface area contributed by atoms with Crippen LogP contribution < -0.4 is 10.0 Å². The van der Waals surface area contributed by atoms with Crippen molar-refractivity contribution in [2.75, 3.05) is 0 Å². The standard InChI is InChI=1S/C17H27ClN2O3S/c1-12(15(21)19-17(5,6)11-16(2,3)4)20-24(22,23)14-9-7-13(18)8-10-14/h7-10,12,20H,11H2,1-6H3,(H,19,21)/t12-/m0/s1. The summed E-state index contributed by atoms with van der Waals surface area (Å²) in [6.45, 7) is 11.7. The number of carbonyl (C=O) groups is 1. The third-order valence-corrected chi connectivity index (χ3v) is 5.09. The lowest BCUT2D eigenvalue weighted by Gasteiger charge is -2.34. The molecule has 1 atom stereocenters. The molecule has 0 aliphatic rings. The van der Waals surface area contributed by atoms with Crippen molar-refractivity contribution in [2.45, 2.75) is 64.4 Å². The molecule has 2 N–H and O–H groups in total. The zero-order chi connectivity index (χ0) is 18.8. The molecule has 0 aliphatic heterocycles. The highest BCUT2D eigenvalue weighted by Crippen LogP contribution is 2.26. The van der Waals surface area contributed by atoms with E-state index in [9.17, 15) is 13.2 Å². The number of sulfonamides is 1. The topological polar surface area (TPSA) is 75.3 Å². The van der Waals surface area contributed by atoms with Gasteiger partial charge in [0.2, 0.25) is 15.9 Å². The van der Waals surface area contributed by atoms with Crippen LogP contribution in [0.25, 0.3) is 0 Å². The van der Waals surface area contributed by atoms with Crippen LogP contribution in [0.3, 0.4) is 0 Å². The molecule has 5 nitrogen and oxygen atoms in total. The fourth-order valence-corrected chi connectivity index (χ4v) is 4.11. The van der Waals surface area contributed by atoms with Gasteiger partial charge in [0.05, 0.1) is 10.9 Å². The molecule has 1 aromatic rings. The van der Waals surface area contributed by atoms with E-state index in [1.165, 1.54) is 31.2 Å². The lowest BCUT2D eigenvalue weighted by atomic mass is 9.81. The summed E-state index contributed by atoms with van der Waals surface area (Å²) in [5.74, 6) is -0.359. The number of hydrogen-bond acceptors (Lipinski definition) is 3. The first-order valence-electron chi connectivity index (χ1n) is 7.82. The Morgan fingerprint density at radius 1 is 1.12 bits per heavy atom. The van der Waals surface area contributed by atoms with Gasteiger partial charge >= 0.3 is 0 Å². The maximum absolute atomic E-state index is 12.3. The maximum Gasteiger partial charge on any atom is 0.241 e. The highest BCUT2D eigenvalue weighted by Gasteiger charge is 2.30. The van der Waals surface area contributed by atoms with Crippen molar-refractivity contribution in [3.8, 4) is 0 Å². The molecule has 0 unspecified atom stereocenters. The summed E-state index contributed by atoms with van der Waals surface area (Å²) in [5, 5.41) is 3.36. The molecule has 0 aliphatic carbocycles. The van der Waals surface area contributed by atoms with E-state index in [0.717, 1.165) is 6.42 Å². The number of hydrogen-bond donors (Lipinski definition) is 2. The van der Waals surface area contributed by atoms with E-state index in [0.29, 0.717) is 5.02 Å². The van der Waals surface area contributed by atoms with E-state index in [-0.39, 0.29) is 16.2 Å². The Kier molecular flexibility index (Phi) is 6.47. The van der Waals surface area contributed by atoms with Crippen LogP contribution in [0.1, 0.15) is 48.0 Å². The number of nitrogens with one attached hydrogen (secondary N) is 2. The van der Waals surface area contributed by atoms with E-state index in [1.807, 2.05) is 13.8 Å². The van der Waals surface area contributed by atoms with Gasteiger partial charge in [0, 0.05) is 10.6 Å². The molecular weight excluding hydrogens is 348 g/mol. The largest absolute Gasteiger partial charge is 0.350 e. The minimum absolute atomic E-state index is 0.0445. The first kappa shape index (κ1) is 20.9. The van der Waals surface area contributed by atoms with Gasteiger partial charge in [0.15, 0.2) is 0 Å². The van der Waals surface area contributed by atoms with E-state index < -0.39 is 21.6 Å². The van der Waals surface area contributed by atoms with Crippen molar-refractivity contribution in [2.24, 2.45) is 5.41 Å². The highest BCUT2D eigenvalue weighted by molar-refractivity contribution is 7.89. The zero-order valence-electron chi connectivity index (χ0n) is 15.1. The Balaban J connectivity index is 2.78. The van der Waals surface area contributed by atoms with Gasteiger partial charge in [-0.1, -0.05) is 32.4 Å². The average Bonchev–Trinajstić information content (AvgIpc) is 2.34. The first-order valence-corrected chi connectivity index (χ1v) is 9.68. The molecule has 7 heteroatoms. The van der Waals surface area contributed by atoms with Gasteiger partial charge in [-0.25, -0.2) is 8.42 Å². The number of benzene rings is 1. The SMILES string of the molecule is C[C@H](NS(=O)(=O)c1ccc(Cl)cc1)C(=O)NC(C)(C)CC(C)(C)C. The third-order valence-electron chi connectivity index (χ3n) is 3.28. The smallest absolute Gasteiger partial charge is 0.241 e. The Morgan fingerprint density at radius 3 is 2.08 bits per heavy atom. The summed E-state index contributed by atoms with van der Waals surface area (Å²) in [4.78, 5) is 12.4. The molecule has 1 rings (SSSR count). The number of amides is 1. The van der Waals surface area contributed by atoms with Crippen molar-refractivity contribution in [1.29, 1.82) is 0 Å².